The number of carbonyl (C=O) groups is 3. The molecule has 8 nitrogen and oxygen atoms in total. The summed E-state index contributed by atoms with van der Waals surface area (Å²) in [5.74, 6) is -2.26. The number of ether oxygens (including phenoxy) is 3. The molecule has 4 atom stereocenters. The van der Waals surface area contributed by atoms with E-state index in [0.29, 0.717) is 41.7 Å². The number of anilines is 1. The van der Waals surface area contributed by atoms with E-state index in [1.807, 2.05) is 6.26 Å². The lowest BCUT2D eigenvalue weighted by molar-refractivity contribution is -0.152. The minimum Gasteiger partial charge on any atom is -0.486 e. The molecule has 2 fully saturated rings. The smallest absolute Gasteiger partial charge is 0.326 e. The fourth-order valence-corrected chi connectivity index (χ4v) is 5.88. The van der Waals surface area contributed by atoms with Gasteiger partial charge >= 0.3 is 5.97 Å². The molecule has 1 N–H and O–H groups in total. The summed E-state index contributed by atoms with van der Waals surface area (Å²) in [5.41, 5.74) is -0.446. The van der Waals surface area contributed by atoms with Crippen LogP contribution in [0.4, 0.5) is 10.1 Å². The van der Waals surface area contributed by atoms with Crippen molar-refractivity contribution < 1.29 is 33.0 Å². The van der Waals surface area contributed by atoms with E-state index in [4.69, 9.17) is 14.2 Å². The third kappa shape index (κ3) is 3.75. The van der Waals surface area contributed by atoms with E-state index >= 15 is 0 Å². The zero-order valence-electron chi connectivity index (χ0n) is 19.3. The van der Waals surface area contributed by atoms with Crippen LogP contribution < -0.4 is 19.7 Å². The lowest BCUT2D eigenvalue weighted by Crippen LogP contribution is -2.56. The topological polar surface area (TPSA) is 94.2 Å². The number of hydrogen-bond donors (Lipinski definition) is 1. The molecule has 2 aromatic carbocycles. The minimum atomic E-state index is -1.41. The van der Waals surface area contributed by atoms with Crippen LogP contribution in [0.15, 0.2) is 42.5 Å². The van der Waals surface area contributed by atoms with Gasteiger partial charge in [-0.2, -0.15) is 11.8 Å². The number of rotatable bonds is 6. The number of hydrogen-bond acceptors (Lipinski definition) is 8. The number of halogens is 1. The van der Waals surface area contributed by atoms with Crippen molar-refractivity contribution in [2.45, 2.75) is 18.0 Å². The van der Waals surface area contributed by atoms with Gasteiger partial charge in [0.25, 0.3) is 0 Å². The fraction of sp³-hybridized carbons (Fsp3) is 0.400. The number of nitrogens with one attached hydrogen (secondary N) is 1. The van der Waals surface area contributed by atoms with Crippen LogP contribution in [0.5, 0.6) is 11.5 Å². The van der Waals surface area contributed by atoms with E-state index in [2.05, 4.69) is 5.32 Å². The van der Waals surface area contributed by atoms with Gasteiger partial charge in [0.05, 0.1) is 24.6 Å². The molecular weight excluding hydrogens is 475 g/mol. The highest BCUT2D eigenvalue weighted by Gasteiger charge is 2.68. The highest BCUT2D eigenvalue weighted by molar-refractivity contribution is 7.98. The second-order valence-electron chi connectivity index (χ2n) is 8.72. The summed E-state index contributed by atoms with van der Waals surface area (Å²) < 4.78 is 30.0. The van der Waals surface area contributed by atoms with Crippen LogP contribution in [0, 0.1) is 17.7 Å². The Balaban J connectivity index is 1.61. The van der Waals surface area contributed by atoms with Gasteiger partial charge < -0.3 is 14.2 Å². The van der Waals surface area contributed by atoms with E-state index in [1.165, 1.54) is 31.0 Å². The molecule has 2 saturated heterocycles. The quantitative estimate of drug-likeness (QED) is 0.478. The Labute approximate surface area is 206 Å². The first-order valence-corrected chi connectivity index (χ1v) is 12.7. The molecule has 5 rings (SSSR count). The van der Waals surface area contributed by atoms with Crippen LogP contribution >= 0.6 is 11.8 Å². The molecule has 0 bridgehead atoms. The Morgan fingerprint density at radius 1 is 1.14 bits per heavy atom. The Bertz CT molecular complexity index is 1180. The predicted molar refractivity (Wildman–Crippen MR) is 127 cm³/mol. The average Bonchev–Trinajstić information content (AvgIpc) is 3.36. The van der Waals surface area contributed by atoms with Crippen LogP contribution in [0.1, 0.15) is 18.0 Å². The number of benzene rings is 2. The summed E-state index contributed by atoms with van der Waals surface area (Å²) in [6.45, 7) is 0.778. The van der Waals surface area contributed by atoms with Crippen LogP contribution in [0.2, 0.25) is 0 Å². The molecule has 2 amide bonds. The Morgan fingerprint density at radius 3 is 2.54 bits per heavy atom. The van der Waals surface area contributed by atoms with Gasteiger partial charge in [-0.3, -0.25) is 19.7 Å². The molecule has 184 valence electrons. The van der Waals surface area contributed by atoms with Gasteiger partial charge in [-0.25, -0.2) is 9.29 Å². The summed E-state index contributed by atoms with van der Waals surface area (Å²) in [7, 11) is 1.27. The molecule has 0 unspecified atom stereocenters. The first kappa shape index (κ1) is 23.6. The van der Waals surface area contributed by atoms with Crippen molar-refractivity contribution in [1.29, 1.82) is 0 Å². The average molecular weight is 501 g/mol. The normalized spacial score (nSPS) is 27.2. The first-order valence-electron chi connectivity index (χ1n) is 11.3. The third-order valence-corrected chi connectivity index (χ3v) is 7.53. The minimum absolute atomic E-state index is 0.285. The van der Waals surface area contributed by atoms with Crippen LogP contribution in [0.25, 0.3) is 0 Å². The number of thioether (sulfide) groups is 1. The Kier molecular flexibility index (Phi) is 6.18. The number of methoxy groups -OCH3 is 1. The lowest BCUT2D eigenvalue weighted by atomic mass is 9.78. The maximum absolute atomic E-state index is 13.9. The number of fused-ring (bicyclic) bond motifs is 2. The van der Waals surface area contributed by atoms with Crippen molar-refractivity contribution in [2.24, 2.45) is 11.8 Å². The molecule has 3 heterocycles. The molecular formula is C25H25FN2O6S. The maximum atomic E-state index is 13.9. The first-order chi connectivity index (χ1) is 16.9. The van der Waals surface area contributed by atoms with E-state index in [9.17, 15) is 18.8 Å². The van der Waals surface area contributed by atoms with Crippen molar-refractivity contribution in [2.75, 3.05) is 37.2 Å². The summed E-state index contributed by atoms with van der Waals surface area (Å²) in [6, 6.07) is 9.94. The van der Waals surface area contributed by atoms with Gasteiger partial charge in [-0.1, -0.05) is 12.1 Å². The molecule has 0 radical (unpaired) electrons. The SMILES string of the molecule is COC(=O)[C@]1(CCSC)N[C@H](c2ccc(F)cc2)[C@@H]2C(=O)N(c3ccc4c(c3)OCCO4)C(=O)[C@@H]21. The van der Waals surface area contributed by atoms with Crippen LogP contribution in [-0.4, -0.2) is 55.7 Å². The molecule has 0 spiro atoms. The largest absolute Gasteiger partial charge is 0.486 e. The Morgan fingerprint density at radius 2 is 1.86 bits per heavy atom. The lowest BCUT2D eigenvalue weighted by Gasteiger charge is -2.32. The Hall–Kier alpha value is -3.11. The summed E-state index contributed by atoms with van der Waals surface area (Å²) in [4.78, 5) is 42.1. The predicted octanol–water partition coefficient (Wildman–Crippen LogP) is 2.71. The van der Waals surface area contributed by atoms with E-state index < -0.39 is 47.0 Å². The fourth-order valence-electron chi connectivity index (χ4n) is 5.35. The molecule has 3 aliphatic heterocycles. The number of imide groups is 1. The zero-order valence-corrected chi connectivity index (χ0v) is 20.1. The number of carbonyl (C=O) groups excluding carboxylic acids is 3. The van der Waals surface area contributed by atoms with Gasteiger partial charge in [-0.05, 0) is 48.3 Å². The number of amides is 2. The molecule has 0 saturated carbocycles. The number of nitrogens with zero attached hydrogens (tertiary/aromatic N) is 1. The van der Waals surface area contributed by atoms with Crippen molar-refractivity contribution in [1.82, 2.24) is 5.32 Å². The van der Waals surface area contributed by atoms with Crippen LogP contribution in [-0.2, 0) is 19.1 Å². The molecule has 10 heteroatoms. The molecule has 2 aromatic rings. The summed E-state index contributed by atoms with van der Waals surface area (Å²) in [6.07, 6.45) is 2.19. The van der Waals surface area contributed by atoms with Gasteiger partial charge in [-0.15, -0.1) is 0 Å². The summed E-state index contributed by atoms with van der Waals surface area (Å²) in [5, 5.41) is 3.29. The van der Waals surface area contributed by atoms with E-state index in [0.717, 1.165) is 4.90 Å². The molecule has 3 aliphatic rings. The van der Waals surface area contributed by atoms with Gasteiger partial charge in [0.1, 0.15) is 24.6 Å². The monoisotopic (exact) mass is 500 g/mol. The molecule has 0 aliphatic carbocycles. The zero-order chi connectivity index (χ0) is 24.7. The van der Waals surface area contributed by atoms with Gasteiger partial charge in [0.2, 0.25) is 11.8 Å². The second-order valence-corrected chi connectivity index (χ2v) is 9.71. The van der Waals surface area contributed by atoms with E-state index in [-0.39, 0.29) is 6.42 Å². The molecule has 35 heavy (non-hydrogen) atoms. The molecule has 0 aromatic heterocycles. The van der Waals surface area contributed by atoms with Crippen molar-refractivity contribution in [3.63, 3.8) is 0 Å². The summed E-state index contributed by atoms with van der Waals surface area (Å²) >= 11 is 1.53. The maximum Gasteiger partial charge on any atom is 0.326 e. The van der Waals surface area contributed by atoms with E-state index in [1.54, 1.807) is 30.3 Å². The van der Waals surface area contributed by atoms with Crippen LogP contribution in [0.3, 0.4) is 0 Å². The van der Waals surface area contributed by atoms with Gasteiger partial charge in [0, 0.05) is 12.1 Å². The second kappa shape index (κ2) is 9.16. The standard InChI is InChI=1S/C25H25FN2O6S/c1-32-24(31)25(9-12-35-2)20-19(21(27-25)14-3-5-15(26)6-4-14)22(29)28(23(20)30)16-7-8-17-18(13-16)34-11-10-33-17/h3-8,13,19-21,27H,9-12H2,1-2H3/t19-,20-,21-,25-/m1/s1. The van der Waals surface area contributed by atoms with Gasteiger partial charge in [0.15, 0.2) is 11.5 Å². The highest BCUT2D eigenvalue weighted by atomic mass is 32.2. The van der Waals surface area contributed by atoms with Crippen molar-refractivity contribution >= 4 is 35.2 Å². The van der Waals surface area contributed by atoms with Crippen molar-refractivity contribution in [3.8, 4) is 11.5 Å². The highest BCUT2D eigenvalue weighted by Crippen LogP contribution is 2.52. The number of esters is 1. The van der Waals surface area contributed by atoms with Crippen molar-refractivity contribution in [3.05, 3.63) is 53.8 Å². The third-order valence-electron chi connectivity index (χ3n) is 6.92.